The standard InChI is InChI=1S/C12H21NOS/c1-10(9-13-5-6-14-3)8-12-11(2)4-7-15-12/h4,7,10,13H,5-6,8-9H2,1-3H3. The van der Waals surface area contributed by atoms with Gasteiger partial charge in [0, 0.05) is 18.5 Å². The van der Waals surface area contributed by atoms with Crippen molar-refractivity contribution in [2.75, 3.05) is 26.8 Å². The molecule has 15 heavy (non-hydrogen) atoms. The molecule has 0 aromatic carbocycles. The summed E-state index contributed by atoms with van der Waals surface area (Å²) < 4.78 is 4.99. The summed E-state index contributed by atoms with van der Waals surface area (Å²) >= 11 is 1.87. The summed E-state index contributed by atoms with van der Waals surface area (Å²) in [6, 6.07) is 2.20. The predicted molar refractivity (Wildman–Crippen MR) is 66.7 cm³/mol. The Morgan fingerprint density at radius 3 is 2.93 bits per heavy atom. The molecule has 1 N–H and O–H groups in total. The van der Waals surface area contributed by atoms with E-state index in [1.807, 2.05) is 11.3 Å². The Hall–Kier alpha value is -0.380. The Morgan fingerprint density at radius 2 is 2.33 bits per heavy atom. The molecule has 0 spiro atoms. The topological polar surface area (TPSA) is 21.3 Å². The molecule has 0 fully saturated rings. The van der Waals surface area contributed by atoms with Gasteiger partial charge >= 0.3 is 0 Å². The highest BCUT2D eigenvalue weighted by Crippen LogP contribution is 2.19. The Morgan fingerprint density at radius 1 is 1.53 bits per heavy atom. The number of thiophene rings is 1. The fraction of sp³-hybridized carbons (Fsp3) is 0.667. The molecule has 1 rings (SSSR count). The van der Waals surface area contributed by atoms with Crippen molar-refractivity contribution in [3.05, 3.63) is 21.9 Å². The van der Waals surface area contributed by atoms with Crippen LogP contribution < -0.4 is 5.32 Å². The van der Waals surface area contributed by atoms with Crippen LogP contribution in [0.2, 0.25) is 0 Å². The Kier molecular flexibility index (Phi) is 5.91. The number of rotatable bonds is 7. The van der Waals surface area contributed by atoms with Crippen LogP contribution in [0.25, 0.3) is 0 Å². The van der Waals surface area contributed by atoms with Crippen LogP contribution in [0.4, 0.5) is 0 Å². The second kappa shape index (κ2) is 6.99. The van der Waals surface area contributed by atoms with Gasteiger partial charge in [-0.2, -0.15) is 0 Å². The first kappa shape index (κ1) is 12.7. The zero-order valence-electron chi connectivity index (χ0n) is 9.88. The maximum atomic E-state index is 4.99. The Labute approximate surface area is 96.7 Å². The lowest BCUT2D eigenvalue weighted by atomic mass is 10.1. The van der Waals surface area contributed by atoms with Crippen molar-refractivity contribution >= 4 is 11.3 Å². The Balaban J connectivity index is 2.18. The first-order chi connectivity index (χ1) is 7.24. The zero-order chi connectivity index (χ0) is 11.1. The lowest BCUT2D eigenvalue weighted by Crippen LogP contribution is -2.25. The summed E-state index contributed by atoms with van der Waals surface area (Å²) in [7, 11) is 1.74. The molecule has 2 nitrogen and oxygen atoms in total. The average molecular weight is 227 g/mol. The summed E-state index contributed by atoms with van der Waals surface area (Å²) in [5.41, 5.74) is 1.43. The molecule has 0 saturated carbocycles. The molecule has 0 bridgehead atoms. The van der Waals surface area contributed by atoms with E-state index in [-0.39, 0.29) is 0 Å². The zero-order valence-corrected chi connectivity index (χ0v) is 10.7. The van der Waals surface area contributed by atoms with E-state index in [0.29, 0.717) is 5.92 Å². The molecule has 1 unspecified atom stereocenters. The van der Waals surface area contributed by atoms with Gasteiger partial charge in [0.25, 0.3) is 0 Å². The van der Waals surface area contributed by atoms with Crippen molar-refractivity contribution in [3.63, 3.8) is 0 Å². The lowest BCUT2D eigenvalue weighted by molar-refractivity contribution is 0.198. The number of hydrogen-bond acceptors (Lipinski definition) is 3. The molecule has 1 aromatic rings. The van der Waals surface area contributed by atoms with E-state index in [1.165, 1.54) is 16.9 Å². The molecule has 0 aliphatic carbocycles. The van der Waals surface area contributed by atoms with Gasteiger partial charge in [-0.3, -0.25) is 0 Å². The lowest BCUT2D eigenvalue weighted by Gasteiger charge is -2.11. The van der Waals surface area contributed by atoms with Gasteiger partial charge in [0.1, 0.15) is 0 Å². The van der Waals surface area contributed by atoms with Crippen LogP contribution in [-0.2, 0) is 11.2 Å². The van der Waals surface area contributed by atoms with Crippen LogP contribution in [-0.4, -0.2) is 26.8 Å². The van der Waals surface area contributed by atoms with Gasteiger partial charge < -0.3 is 10.1 Å². The van der Waals surface area contributed by atoms with Crippen molar-refractivity contribution in [1.29, 1.82) is 0 Å². The Bertz CT molecular complexity index is 272. The highest BCUT2D eigenvalue weighted by atomic mass is 32.1. The largest absolute Gasteiger partial charge is 0.383 e. The maximum Gasteiger partial charge on any atom is 0.0587 e. The molecule has 0 aliphatic rings. The van der Waals surface area contributed by atoms with Crippen LogP contribution in [0.3, 0.4) is 0 Å². The molecule has 0 amide bonds. The average Bonchev–Trinajstić information content (AvgIpc) is 2.59. The van der Waals surface area contributed by atoms with E-state index in [1.54, 1.807) is 7.11 Å². The van der Waals surface area contributed by atoms with Crippen LogP contribution in [0.15, 0.2) is 11.4 Å². The monoisotopic (exact) mass is 227 g/mol. The number of ether oxygens (including phenoxy) is 1. The van der Waals surface area contributed by atoms with Crippen molar-refractivity contribution in [2.45, 2.75) is 20.3 Å². The van der Waals surface area contributed by atoms with Crippen molar-refractivity contribution < 1.29 is 4.74 Å². The molecule has 0 aliphatic heterocycles. The van der Waals surface area contributed by atoms with Gasteiger partial charge in [-0.1, -0.05) is 6.92 Å². The van der Waals surface area contributed by atoms with Gasteiger partial charge in [0.15, 0.2) is 0 Å². The number of aryl methyl sites for hydroxylation is 1. The number of hydrogen-bond donors (Lipinski definition) is 1. The number of nitrogens with one attached hydrogen (secondary N) is 1. The highest BCUT2D eigenvalue weighted by molar-refractivity contribution is 7.10. The second-order valence-electron chi connectivity index (χ2n) is 4.03. The molecule has 0 radical (unpaired) electrons. The minimum absolute atomic E-state index is 0.694. The van der Waals surface area contributed by atoms with Gasteiger partial charge in [-0.15, -0.1) is 11.3 Å². The van der Waals surface area contributed by atoms with E-state index in [9.17, 15) is 0 Å². The second-order valence-corrected chi connectivity index (χ2v) is 5.03. The molecular weight excluding hydrogens is 206 g/mol. The third-order valence-corrected chi connectivity index (χ3v) is 3.52. The predicted octanol–water partition coefficient (Wildman–Crippen LogP) is 2.47. The summed E-state index contributed by atoms with van der Waals surface area (Å²) in [5, 5.41) is 5.57. The third-order valence-electron chi connectivity index (χ3n) is 2.48. The van der Waals surface area contributed by atoms with Crippen LogP contribution in [0.5, 0.6) is 0 Å². The first-order valence-electron chi connectivity index (χ1n) is 5.46. The fourth-order valence-electron chi connectivity index (χ4n) is 1.52. The summed E-state index contributed by atoms with van der Waals surface area (Å²) in [4.78, 5) is 1.52. The molecule has 3 heteroatoms. The van der Waals surface area contributed by atoms with Crippen molar-refractivity contribution in [1.82, 2.24) is 5.32 Å². The highest BCUT2D eigenvalue weighted by Gasteiger charge is 2.06. The maximum absolute atomic E-state index is 4.99. The normalized spacial score (nSPS) is 13.0. The first-order valence-corrected chi connectivity index (χ1v) is 6.34. The van der Waals surface area contributed by atoms with Crippen LogP contribution >= 0.6 is 11.3 Å². The van der Waals surface area contributed by atoms with Gasteiger partial charge in [-0.05, 0) is 42.8 Å². The molecule has 1 aromatic heterocycles. The minimum atomic E-state index is 0.694. The van der Waals surface area contributed by atoms with Gasteiger partial charge in [0.2, 0.25) is 0 Å². The quantitative estimate of drug-likeness (QED) is 0.723. The number of methoxy groups -OCH3 is 1. The fourth-order valence-corrected chi connectivity index (χ4v) is 2.60. The smallest absolute Gasteiger partial charge is 0.0587 e. The molecule has 86 valence electrons. The summed E-state index contributed by atoms with van der Waals surface area (Å²) in [6.07, 6.45) is 1.18. The van der Waals surface area contributed by atoms with Crippen LogP contribution in [0.1, 0.15) is 17.4 Å². The van der Waals surface area contributed by atoms with Gasteiger partial charge in [0.05, 0.1) is 6.61 Å². The van der Waals surface area contributed by atoms with E-state index >= 15 is 0 Å². The van der Waals surface area contributed by atoms with Crippen molar-refractivity contribution in [3.8, 4) is 0 Å². The SMILES string of the molecule is COCCNCC(C)Cc1sccc1C. The minimum Gasteiger partial charge on any atom is -0.383 e. The van der Waals surface area contributed by atoms with Crippen LogP contribution in [0, 0.1) is 12.8 Å². The van der Waals surface area contributed by atoms with E-state index < -0.39 is 0 Å². The van der Waals surface area contributed by atoms with Crippen molar-refractivity contribution in [2.24, 2.45) is 5.92 Å². The summed E-state index contributed by atoms with van der Waals surface area (Å²) in [5.74, 6) is 0.694. The molecular formula is C12H21NOS. The molecule has 1 heterocycles. The summed E-state index contributed by atoms with van der Waals surface area (Å²) in [6.45, 7) is 7.30. The molecule has 0 saturated heterocycles. The van der Waals surface area contributed by atoms with E-state index in [0.717, 1.165) is 19.7 Å². The third kappa shape index (κ3) is 4.78. The van der Waals surface area contributed by atoms with Gasteiger partial charge in [-0.25, -0.2) is 0 Å². The van der Waals surface area contributed by atoms with E-state index in [4.69, 9.17) is 4.74 Å². The van der Waals surface area contributed by atoms with E-state index in [2.05, 4.69) is 30.6 Å². The molecule has 1 atom stereocenters.